The number of aromatic nitrogens is 3. The van der Waals surface area contributed by atoms with E-state index in [0.717, 1.165) is 0 Å². The average molecular weight is 373 g/mol. The second-order valence-electron chi connectivity index (χ2n) is 5.64. The van der Waals surface area contributed by atoms with Crippen molar-refractivity contribution in [3.8, 4) is 0 Å². The molecule has 3 amide bonds. The van der Waals surface area contributed by atoms with Gasteiger partial charge in [0.05, 0.1) is 12.1 Å². The van der Waals surface area contributed by atoms with Crippen molar-refractivity contribution in [1.82, 2.24) is 30.0 Å². The van der Waals surface area contributed by atoms with E-state index >= 15 is 0 Å². The predicted molar refractivity (Wildman–Crippen MR) is 79.6 cm³/mol. The van der Waals surface area contributed by atoms with E-state index in [1.54, 1.807) is 7.05 Å². The summed E-state index contributed by atoms with van der Waals surface area (Å²) in [7, 11) is -3.27. The van der Waals surface area contributed by atoms with Gasteiger partial charge in [-0.15, -0.1) is 14.5 Å². The fourth-order valence-corrected chi connectivity index (χ4v) is 3.27. The van der Waals surface area contributed by atoms with Gasteiger partial charge in [0, 0.05) is 13.6 Å². The number of fused-ring (bicyclic) bond motifs is 2. The summed E-state index contributed by atoms with van der Waals surface area (Å²) < 4.78 is 36.1. The number of nitrogens with zero attached hydrogens (tertiary/aromatic N) is 5. The van der Waals surface area contributed by atoms with Crippen LogP contribution in [0.3, 0.4) is 0 Å². The Morgan fingerprint density at radius 3 is 2.80 bits per heavy atom. The number of hydroxylamine groups is 2. The number of carbonyl (C=O) groups is 2. The minimum absolute atomic E-state index is 0.00233. The number of rotatable bonds is 4. The number of urea groups is 1. The summed E-state index contributed by atoms with van der Waals surface area (Å²) in [4.78, 5) is 25.6. The maximum Gasteiger partial charge on any atom is 0.418 e. The first-order valence-electron chi connectivity index (χ1n) is 7.18. The molecule has 2 unspecified atom stereocenters. The predicted octanol–water partition coefficient (Wildman–Crippen LogP) is -1.47. The maximum absolute atomic E-state index is 12.3. The highest BCUT2D eigenvalue weighted by Crippen LogP contribution is 2.30. The molecule has 1 aromatic heterocycles. The van der Waals surface area contributed by atoms with Crippen molar-refractivity contribution >= 4 is 28.2 Å². The van der Waals surface area contributed by atoms with Crippen LogP contribution in [0.4, 0.5) is 4.79 Å². The fourth-order valence-electron chi connectivity index (χ4n) is 2.88. The Morgan fingerprint density at radius 1 is 1.48 bits per heavy atom. The van der Waals surface area contributed by atoms with Crippen LogP contribution >= 0.6 is 0 Å². The van der Waals surface area contributed by atoms with Gasteiger partial charge in [-0.05, 0) is 12.8 Å². The van der Waals surface area contributed by atoms with Gasteiger partial charge in [-0.25, -0.2) is 4.79 Å². The molecule has 25 heavy (non-hydrogen) atoms. The number of amides is 3. The highest BCUT2D eigenvalue weighted by molar-refractivity contribution is 7.80. The number of nitrogens with one attached hydrogen (secondary N) is 2. The molecule has 0 spiro atoms. The van der Waals surface area contributed by atoms with Crippen molar-refractivity contribution in [3.05, 3.63) is 12.2 Å². The second-order valence-corrected chi connectivity index (χ2v) is 6.65. The largest absolute Gasteiger partial charge is 0.418 e. The summed E-state index contributed by atoms with van der Waals surface area (Å²) in [5.41, 5.74) is 0. The number of carbonyl (C=O) groups excluding carboxylic acids is 2. The standard InChI is InChI=1S/C11H15N7O6S/c1-16-5-13-15-9(16)10(19)14-8(12)7-3-2-6-4-17(7)11(20)18(6)24-25(21,22)23/h5-7H,2-4H2,1H3,(H2,12,14,19)(H,21,22,23). The molecule has 0 aliphatic carbocycles. The molecule has 2 aliphatic rings. The molecule has 2 aliphatic heterocycles. The van der Waals surface area contributed by atoms with Crippen LogP contribution in [0.15, 0.2) is 6.33 Å². The van der Waals surface area contributed by atoms with Gasteiger partial charge < -0.3 is 14.8 Å². The lowest BCUT2D eigenvalue weighted by molar-refractivity contribution is -0.0316. The van der Waals surface area contributed by atoms with E-state index in [9.17, 15) is 18.0 Å². The highest BCUT2D eigenvalue weighted by atomic mass is 32.3. The molecule has 2 fully saturated rings. The molecule has 3 heterocycles. The van der Waals surface area contributed by atoms with E-state index < -0.39 is 34.4 Å². The zero-order chi connectivity index (χ0) is 18.4. The van der Waals surface area contributed by atoms with Gasteiger partial charge in [0.15, 0.2) is 0 Å². The molecular weight excluding hydrogens is 358 g/mol. The van der Waals surface area contributed by atoms with Crippen LogP contribution in [0.25, 0.3) is 0 Å². The van der Waals surface area contributed by atoms with Gasteiger partial charge in [0.25, 0.3) is 5.91 Å². The van der Waals surface area contributed by atoms with Crippen LogP contribution in [0, 0.1) is 5.41 Å². The molecular formula is C11H15N7O6S. The molecule has 0 aromatic carbocycles. The Kier molecular flexibility index (Phi) is 4.18. The average Bonchev–Trinajstić information content (AvgIpc) is 3.04. The summed E-state index contributed by atoms with van der Waals surface area (Å²) >= 11 is 0. The minimum atomic E-state index is -4.83. The summed E-state index contributed by atoms with van der Waals surface area (Å²) in [6.07, 6.45) is 1.99. The summed E-state index contributed by atoms with van der Waals surface area (Å²) in [5.74, 6) is -0.874. The number of aryl methyl sites for hydroxylation is 1. The van der Waals surface area contributed by atoms with E-state index in [2.05, 4.69) is 19.8 Å². The van der Waals surface area contributed by atoms with Crippen LogP contribution in [-0.4, -0.2) is 74.1 Å². The van der Waals surface area contributed by atoms with Crippen molar-refractivity contribution in [3.63, 3.8) is 0 Å². The van der Waals surface area contributed by atoms with Gasteiger partial charge in [-0.2, -0.15) is 13.5 Å². The van der Waals surface area contributed by atoms with E-state index in [1.165, 1.54) is 15.8 Å². The Labute approximate surface area is 142 Å². The number of piperidine rings is 1. The SMILES string of the molecule is Cn1cnnc1C(=O)NC(=N)C1CCC2CN1C(=O)N2OS(=O)(=O)O. The molecule has 1 aromatic rings. The Morgan fingerprint density at radius 2 is 2.20 bits per heavy atom. The first-order valence-corrected chi connectivity index (χ1v) is 8.54. The van der Waals surface area contributed by atoms with Crippen molar-refractivity contribution in [2.45, 2.75) is 24.9 Å². The fraction of sp³-hybridized carbons (Fsp3) is 0.545. The molecule has 13 nitrogen and oxygen atoms in total. The lowest BCUT2D eigenvalue weighted by atomic mass is 10.00. The first-order chi connectivity index (χ1) is 11.7. The number of amidine groups is 1. The molecule has 3 rings (SSSR count). The van der Waals surface area contributed by atoms with Gasteiger partial charge in [0.1, 0.15) is 12.2 Å². The summed E-state index contributed by atoms with van der Waals surface area (Å²) in [5, 5.41) is 18.2. The third-order valence-electron chi connectivity index (χ3n) is 3.99. The number of hydrogen-bond donors (Lipinski definition) is 3. The molecule has 2 bridgehead atoms. The second kappa shape index (κ2) is 6.05. The molecule has 3 N–H and O–H groups in total. The zero-order valence-electron chi connectivity index (χ0n) is 13.0. The van der Waals surface area contributed by atoms with Crippen LogP contribution in [0.1, 0.15) is 23.5 Å². The maximum atomic E-state index is 12.3. The lowest BCUT2D eigenvalue weighted by Crippen LogP contribution is -2.51. The Hall–Kier alpha value is -2.58. The van der Waals surface area contributed by atoms with Gasteiger partial charge in [0.2, 0.25) is 5.82 Å². The van der Waals surface area contributed by atoms with Crippen molar-refractivity contribution in [2.24, 2.45) is 7.05 Å². The molecule has 0 radical (unpaired) electrons. The topological polar surface area (TPSA) is 171 Å². The zero-order valence-corrected chi connectivity index (χ0v) is 13.8. The molecule has 2 atom stereocenters. The Balaban J connectivity index is 1.70. The van der Waals surface area contributed by atoms with E-state index in [0.29, 0.717) is 17.9 Å². The molecule has 2 saturated heterocycles. The van der Waals surface area contributed by atoms with Gasteiger partial charge >= 0.3 is 16.4 Å². The highest BCUT2D eigenvalue weighted by Gasteiger charge is 2.48. The summed E-state index contributed by atoms with van der Waals surface area (Å²) in [6.45, 7) is 0.112. The van der Waals surface area contributed by atoms with Crippen LogP contribution < -0.4 is 5.32 Å². The Bertz CT molecular complexity index is 836. The quantitative estimate of drug-likeness (QED) is 0.326. The smallest absolute Gasteiger partial charge is 0.313 e. The molecule has 136 valence electrons. The molecule has 0 saturated carbocycles. The lowest BCUT2D eigenvalue weighted by Gasteiger charge is -2.30. The number of hydrogen-bond acceptors (Lipinski definition) is 8. The molecule has 14 heteroatoms. The van der Waals surface area contributed by atoms with Crippen LogP contribution in [0.5, 0.6) is 0 Å². The first kappa shape index (κ1) is 17.2. The van der Waals surface area contributed by atoms with E-state index in [4.69, 9.17) is 9.96 Å². The normalized spacial score (nSPS) is 23.0. The van der Waals surface area contributed by atoms with Crippen molar-refractivity contribution in [1.29, 1.82) is 5.41 Å². The minimum Gasteiger partial charge on any atom is -0.313 e. The van der Waals surface area contributed by atoms with Gasteiger partial charge in [-0.1, -0.05) is 0 Å². The third-order valence-corrected chi connectivity index (χ3v) is 4.34. The van der Waals surface area contributed by atoms with Crippen LogP contribution in [-0.2, 0) is 21.7 Å². The van der Waals surface area contributed by atoms with E-state index in [1.807, 2.05) is 0 Å². The monoisotopic (exact) mass is 373 g/mol. The van der Waals surface area contributed by atoms with Crippen molar-refractivity contribution < 1.29 is 26.8 Å². The van der Waals surface area contributed by atoms with Gasteiger partial charge in [-0.3, -0.25) is 14.8 Å². The summed E-state index contributed by atoms with van der Waals surface area (Å²) in [6, 6.07) is -2.12. The van der Waals surface area contributed by atoms with Crippen molar-refractivity contribution in [2.75, 3.05) is 6.54 Å². The van der Waals surface area contributed by atoms with Crippen LogP contribution in [0.2, 0.25) is 0 Å². The van der Waals surface area contributed by atoms with E-state index in [-0.39, 0.29) is 18.2 Å². The third kappa shape index (κ3) is 3.31.